The Morgan fingerprint density at radius 3 is 2.65 bits per heavy atom. The molecular formula is C16H17NO5S. The van der Waals surface area contributed by atoms with Gasteiger partial charge in [0.1, 0.15) is 11.5 Å². The molecule has 1 aliphatic heterocycles. The SMILES string of the molecule is O=C(/C=C/c1ccco1)N(Cc1ccco1)[C@@H]1CCS(=O)(=O)C1. The van der Waals surface area contributed by atoms with E-state index >= 15 is 0 Å². The molecule has 0 aromatic carbocycles. The summed E-state index contributed by atoms with van der Waals surface area (Å²) in [6.07, 6.45) is 6.47. The monoisotopic (exact) mass is 335 g/mol. The van der Waals surface area contributed by atoms with Crippen molar-refractivity contribution >= 4 is 21.8 Å². The molecule has 0 saturated carbocycles. The maximum Gasteiger partial charge on any atom is 0.247 e. The van der Waals surface area contributed by atoms with Gasteiger partial charge < -0.3 is 13.7 Å². The summed E-state index contributed by atoms with van der Waals surface area (Å²) in [7, 11) is -3.08. The second-order valence-electron chi connectivity index (χ2n) is 5.45. The number of amides is 1. The second kappa shape index (κ2) is 6.45. The predicted octanol–water partition coefficient (Wildman–Crippen LogP) is 2.10. The van der Waals surface area contributed by atoms with Crippen LogP contribution in [0.15, 0.2) is 51.7 Å². The number of furan rings is 2. The molecule has 0 aliphatic carbocycles. The van der Waals surface area contributed by atoms with E-state index in [2.05, 4.69) is 0 Å². The highest BCUT2D eigenvalue weighted by molar-refractivity contribution is 7.91. The summed E-state index contributed by atoms with van der Waals surface area (Å²) in [5.41, 5.74) is 0. The van der Waals surface area contributed by atoms with Crippen molar-refractivity contribution in [3.05, 3.63) is 54.4 Å². The van der Waals surface area contributed by atoms with Crippen LogP contribution in [0.1, 0.15) is 17.9 Å². The molecule has 2 aromatic heterocycles. The van der Waals surface area contributed by atoms with Crippen molar-refractivity contribution in [2.75, 3.05) is 11.5 Å². The first kappa shape index (κ1) is 15.6. The van der Waals surface area contributed by atoms with Gasteiger partial charge in [0.2, 0.25) is 5.91 Å². The fourth-order valence-electron chi connectivity index (χ4n) is 2.61. The maximum absolute atomic E-state index is 12.5. The fraction of sp³-hybridized carbons (Fsp3) is 0.312. The van der Waals surface area contributed by atoms with Gasteiger partial charge in [0.15, 0.2) is 9.84 Å². The zero-order valence-corrected chi connectivity index (χ0v) is 13.2. The van der Waals surface area contributed by atoms with Gasteiger partial charge in [-0.2, -0.15) is 0 Å². The minimum absolute atomic E-state index is 0.00591. The Morgan fingerprint density at radius 1 is 1.26 bits per heavy atom. The van der Waals surface area contributed by atoms with Crippen LogP contribution in [0.3, 0.4) is 0 Å². The molecule has 0 radical (unpaired) electrons. The number of carbonyl (C=O) groups is 1. The average Bonchev–Trinajstić information content (AvgIpc) is 3.24. The molecular weight excluding hydrogens is 318 g/mol. The molecule has 1 aliphatic rings. The lowest BCUT2D eigenvalue weighted by Gasteiger charge is -2.26. The molecule has 1 atom stereocenters. The Hall–Kier alpha value is -2.28. The smallest absolute Gasteiger partial charge is 0.247 e. The van der Waals surface area contributed by atoms with Crippen molar-refractivity contribution in [2.24, 2.45) is 0 Å². The number of hydrogen-bond acceptors (Lipinski definition) is 5. The molecule has 1 fully saturated rings. The summed E-state index contributed by atoms with van der Waals surface area (Å²) in [5, 5.41) is 0. The van der Waals surface area contributed by atoms with Gasteiger partial charge in [-0.15, -0.1) is 0 Å². The third kappa shape index (κ3) is 3.92. The van der Waals surface area contributed by atoms with E-state index in [9.17, 15) is 13.2 Å². The summed E-state index contributed by atoms with van der Waals surface area (Å²) in [6.45, 7) is 0.245. The lowest BCUT2D eigenvalue weighted by Crippen LogP contribution is -2.39. The highest BCUT2D eigenvalue weighted by Gasteiger charge is 2.34. The molecule has 6 nitrogen and oxygen atoms in total. The number of hydrogen-bond donors (Lipinski definition) is 0. The van der Waals surface area contributed by atoms with Gasteiger partial charge in [-0.1, -0.05) is 0 Å². The molecule has 122 valence electrons. The highest BCUT2D eigenvalue weighted by Crippen LogP contribution is 2.21. The van der Waals surface area contributed by atoms with Gasteiger partial charge in [-0.25, -0.2) is 8.42 Å². The molecule has 2 aromatic rings. The summed E-state index contributed by atoms with van der Waals surface area (Å²) in [5.74, 6) is 1.03. The topological polar surface area (TPSA) is 80.7 Å². The third-order valence-electron chi connectivity index (χ3n) is 3.77. The van der Waals surface area contributed by atoms with Crippen LogP contribution >= 0.6 is 0 Å². The van der Waals surface area contributed by atoms with E-state index in [0.717, 1.165) is 0 Å². The van der Waals surface area contributed by atoms with Gasteiger partial charge in [-0.05, 0) is 36.8 Å². The van der Waals surface area contributed by atoms with Gasteiger partial charge in [0.25, 0.3) is 0 Å². The first-order valence-electron chi connectivity index (χ1n) is 7.28. The van der Waals surface area contributed by atoms with Gasteiger partial charge in [-0.3, -0.25) is 4.79 Å². The standard InChI is InChI=1S/C16H17NO5S/c18-16(6-5-14-3-1-8-21-14)17(11-15-4-2-9-22-15)13-7-10-23(19,20)12-13/h1-6,8-9,13H,7,10-12H2/b6-5+/t13-/m1/s1. The van der Waals surface area contributed by atoms with Crippen LogP contribution in [-0.4, -0.2) is 36.8 Å². The average molecular weight is 335 g/mol. The summed E-state index contributed by atoms with van der Waals surface area (Å²) >= 11 is 0. The van der Waals surface area contributed by atoms with Crippen LogP contribution < -0.4 is 0 Å². The van der Waals surface area contributed by atoms with Crippen LogP contribution in [0, 0.1) is 0 Å². The minimum atomic E-state index is -3.08. The predicted molar refractivity (Wildman–Crippen MR) is 84.1 cm³/mol. The fourth-order valence-corrected chi connectivity index (χ4v) is 4.34. The Morgan fingerprint density at radius 2 is 2.04 bits per heavy atom. The van der Waals surface area contributed by atoms with Crippen molar-refractivity contribution < 1.29 is 22.0 Å². The quantitative estimate of drug-likeness (QED) is 0.782. The van der Waals surface area contributed by atoms with Crippen LogP contribution in [0.25, 0.3) is 6.08 Å². The second-order valence-corrected chi connectivity index (χ2v) is 7.68. The summed E-state index contributed by atoms with van der Waals surface area (Å²) in [6, 6.07) is 6.63. The Balaban J connectivity index is 1.78. The normalized spacial score (nSPS) is 20.1. The van der Waals surface area contributed by atoms with E-state index in [1.807, 2.05) is 0 Å². The molecule has 3 rings (SSSR count). The van der Waals surface area contributed by atoms with E-state index < -0.39 is 9.84 Å². The van der Waals surface area contributed by atoms with E-state index in [1.54, 1.807) is 35.2 Å². The number of nitrogens with zero attached hydrogens (tertiary/aromatic N) is 1. The van der Waals surface area contributed by atoms with Crippen LogP contribution in [0.4, 0.5) is 0 Å². The molecule has 0 spiro atoms. The van der Waals surface area contributed by atoms with Crippen LogP contribution in [0.2, 0.25) is 0 Å². The van der Waals surface area contributed by atoms with Crippen molar-refractivity contribution in [1.29, 1.82) is 0 Å². The molecule has 7 heteroatoms. The van der Waals surface area contributed by atoms with Crippen molar-refractivity contribution in [3.8, 4) is 0 Å². The third-order valence-corrected chi connectivity index (χ3v) is 5.52. The van der Waals surface area contributed by atoms with E-state index in [4.69, 9.17) is 8.83 Å². The number of sulfone groups is 1. The largest absolute Gasteiger partial charge is 0.467 e. The van der Waals surface area contributed by atoms with Gasteiger partial charge in [0, 0.05) is 12.1 Å². The van der Waals surface area contributed by atoms with E-state index in [1.165, 1.54) is 18.6 Å². The zero-order chi connectivity index (χ0) is 16.3. The Bertz CT molecular complexity index is 775. The lowest BCUT2D eigenvalue weighted by atomic mass is 10.2. The van der Waals surface area contributed by atoms with Crippen LogP contribution in [-0.2, 0) is 21.2 Å². The lowest BCUT2D eigenvalue weighted by molar-refractivity contribution is -0.128. The molecule has 23 heavy (non-hydrogen) atoms. The van der Waals surface area contributed by atoms with Crippen molar-refractivity contribution in [2.45, 2.75) is 19.0 Å². The molecule has 0 unspecified atom stereocenters. The minimum Gasteiger partial charge on any atom is -0.467 e. The zero-order valence-electron chi connectivity index (χ0n) is 12.4. The molecule has 1 amide bonds. The first-order chi connectivity index (χ1) is 11.0. The van der Waals surface area contributed by atoms with E-state index in [0.29, 0.717) is 17.9 Å². The number of rotatable bonds is 5. The first-order valence-corrected chi connectivity index (χ1v) is 9.11. The summed E-state index contributed by atoms with van der Waals surface area (Å²) < 4.78 is 33.9. The Labute approximate surface area is 134 Å². The van der Waals surface area contributed by atoms with Crippen molar-refractivity contribution in [3.63, 3.8) is 0 Å². The highest BCUT2D eigenvalue weighted by atomic mass is 32.2. The molecule has 3 heterocycles. The molecule has 0 N–H and O–H groups in total. The molecule has 0 bridgehead atoms. The Kier molecular flexibility index (Phi) is 4.38. The van der Waals surface area contributed by atoms with Crippen LogP contribution in [0.5, 0.6) is 0 Å². The van der Waals surface area contributed by atoms with Crippen molar-refractivity contribution in [1.82, 2.24) is 4.90 Å². The maximum atomic E-state index is 12.5. The number of carbonyl (C=O) groups excluding carboxylic acids is 1. The van der Waals surface area contributed by atoms with E-state index in [-0.39, 0.29) is 30.0 Å². The molecule has 1 saturated heterocycles. The van der Waals surface area contributed by atoms with Gasteiger partial charge >= 0.3 is 0 Å². The van der Waals surface area contributed by atoms with Gasteiger partial charge in [0.05, 0.1) is 30.6 Å². The summed E-state index contributed by atoms with van der Waals surface area (Å²) in [4.78, 5) is 14.1.